The van der Waals surface area contributed by atoms with E-state index in [-0.39, 0.29) is 11.6 Å². The second kappa shape index (κ2) is 6.51. The number of nitrogens with zero attached hydrogens (tertiary/aromatic N) is 2. The maximum Gasteiger partial charge on any atom is 0.419 e. The van der Waals surface area contributed by atoms with Crippen molar-refractivity contribution in [1.82, 2.24) is 9.88 Å². The summed E-state index contributed by atoms with van der Waals surface area (Å²) in [7, 11) is 1.50. The summed E-state index contributed by atoms with van der Waals surface area (Å²) in [5.74, 6) is -2.01. The van der Waals surface area contributed by atoms with Crippen molar-refractivity contribution in [3.63, 3.8) is 0 Å². The van der Waals surface area contributed by atoms with Gasteiger partial charge < -0.3 is 4.90 Å². The van der Waals surface area contributed by atoms with Crippen LogP contribution in [-0.2, 0) is 6.18 Å². The zero-order valence-electron chi connectivity index (χ0n) is 13.5. The van der Waals surface area contributed by atoms with Crippen molar-refractivity contribution in [3.8, 4) is 0 Å². The second-order valence-electron chi connectivity index (χ2n) is 5.47. The Morgan fingerprint density at radius 3 is 2.42 bits per heavy atom. The van der Waals surface area contributed by atoms with Gasteiger partial charge in [0.05, 0.1) is 22.3 Å². The van der Waals surface area contributed by atoms with Crippen LogP contribution in [0.1, 0.15) is 44.5 Å². The number of aromatic nitrogens is 1. The molecule has 2 rings (SSSR count). The lowest BCUT2D eigenvalue weighted by atomic mass is 10.1. The summed E-state index contributed by atoms with van der Waals surface area (Å²) < 4.78 is 51.8. The van der Waals surface area contributed by atoms with Gasteiger partial charge >= 0.3 is 6.18 Å². The Balaban J connectivity index is 2.33. The number of hydrogen-bond donors (Lipinski definition) is 0. The highest BCUT2D eigenvalue weighted by molar-refractivity contribution is 7.11. The molecule has 1 amide bonds. The minimum absolute atomic E-state index is 0.211. The van der Waals surface area contributed by atoms with E-state index in [1.54, 1.807) is 6.92 Å². The summed E-state index contributed by atoms with van der Waals surface area (Å²) in [5, 5.41) is 0.844. The first-order valence-electron chi connectivity index (χ1n) is 7.10. The molecule has 2 aromatic rings. The first kappa shape index (κ1) is 18.4. The minimum Gasteiger partial charge on any atom is -0.334 e. The fourth-order valence-electron chi connectivity index (χ4n) is 2.37. The van der Waals surface area contributed by atoms with Crippen LogP contribution in [0.4, 0.5) is 17.6 Å². The van der Waals surface area contributed by atoms with Gasteiger partial charge in [-0.3, -0.25) is 4.79 Å². The zero-order valence-corrected chi connectivity index (χ0v) is 14.3. The normalized spacial score (nSPS) is 13.0. The number of thiazole rings is 1. The van der Waals surface area contributed by atoms with E-state index in [1.807, 2.05) is 13.8 Å². The lowest BCUT2D eigenvalue weighted by Crippen LogP contribution is -2.30. The van der Waals surface area contributed by atoms with Crippen molar-refractivity contribution < 1.29 is 22.4 Å². The molecule has 0 bridgehead atoms. The quantitative estimate of drug-likeness (QED) is 0.740. The SMILES string of the molecule is Cc1nc(C)c(C(C)N(C)C(=O)c2ccc(F)c(C(F)(F)F)c2)s1. The van der Waals surface area contributed by atoms with Gasteiger partial charge in [0, 0.05) is 17.5 Å². The van der Waals surface area contributed by atoms with E-state index in [9.17, 15) is 22.4 Å². The molecular weight excluding hydrogens is 344 g/mol. The van der Waals surface area contributed by atoms with Gasteiger partial charge in [0.25, 0.3) is 5.91 Å². The van der Waals surface area contributed by atoms with Gasteiger partial charge in [0.2, 0.25) is 0 Å². The Morgan fingerprint density at radius 1 is 1.29 bits per heavy atom. The molecule has 0 spiro atoms. The molecule has 3 nitrogen and oxygen atoms in total. The molecule has 8 heteroatoms. The second-order valence-corrected chi connectivity index (χ2v) is 6.70. The first-order valence-corrected chi connectivity index (χ1v) is 7.92. The molecule has 130 valence electrons. The van der Waals surface area contributed by atoms with Crippen LogP contribution in [0.3, 0.4) is 0 Å². The number of amides is 1. The highest BCUT2D eigenvalue weighted by Crippen LogP contribution is 2.33. The number of rotatable bonds is 3. The van der Waals surface area contributed by atoms with Crippen LogP contribution in [0.15, 0.2) is 18.2 Å². The Bertz CT molecular complexity index is 770. The van der Waals surface area contributed by atoms with Crippen LogP contribution >= 0.6 is 11.3 Å². The van der Waals surface area contributed by atoms with E-state index in [0.29, 0.717) is 12.1 Å². The number of aryl methyl sites for hydroxylation is 2. The van der Waals surface area contributed by atoms with Crippen molar-refractivity contribution in [3.05, 3.63) is 50.7 Å². The Labute approximate surface area is 140 Å². The van der Waals surface area contributed by atoms with Crippen molar-refractivity contribution in [1.29, 1.82) is 0 Å². The molecule has 0 radical (unpaired) electrons. The molecule has 0 aliphatic carbocycles. The first-order chi connectivity index (χ1) is 11.0. The highest BCUT2D eigenvalue weighted by Gasteiger charge is 2.35. The molecule has 24 heavy (non-hydrogen) atoms. The van der Waals surface area contributed by atoms with Gasteiger partial charge in [-0.1, -0.05) is 0 Å². The van der Waals surface area contributed by atoms with E-state index in [1.165, 1.54) is 23.3 Å². The molecule has 0 aliphatic heterocycles. The third-order valence-corrected chi connectivity index (χ3v) is 4.98. The van der Waals surface area contributed by atoms with Crippen LogP contribution in [0.25, 0.3) is 0 Å². The number of benzene rings is 1. The molecule has 0 aliphatic rings. The highest BCUT2D eigenvalue weighted by atomic mass is 32.1. The van der Waals surface area contributed by atoms with Crippen LogP contribution in [-0.4, -0.2) is 22.8 Å². The van der Waals surface area contributed by atoms with E-state index in [0.717, 1.165) is 21.6 Å². The van der Waals surface area contributed by atoms with Crippen molar-refractivity contribution >= 4 is 17.2 Å². The van der Waals surface area contributed by atoms with E-state index < -0.39 is 23.5 Å². The lowest BCUT2D eigenvalue weighted by molar-refractivity contribution is -0.140. The maximum atomic E-state index is 13.4. The smallest absolute Gasteiger partial charge is 0.334 e. The van der Waals surface area contributed by atoms with E-state index in [4.69, 9.17) is 0 Å². The molecule has 1 aromatic heterocycles. The molecule has 0 fully saturated rings. The number of alkyl halides is 3. The molecular formula is C16H16F4N2OS. The predicted octanol–water partition coefficient (Wildman–Crippen LogP) is 4.75. The van der Waals surface area contributed by atoms with Crippen LogP contribution < -0.4 is 0 Å². The van der Waals surface area contributed by atoms with Gasteiger partial charge in [-0.25, -0.2) is 9.37 Å². The summed E-state index contributed by atoms with van der Waals surface area (Å²) in [5.41, 5.74) is -0.879. The van der Waals surface area contributed by atoms with Crippen molar-refractivity contribution in [2.75, 3.05) is 7.05 Å². The van der Waals surface area contributed by atoms with Gasteiger partial charge in [-0.05, 0) is 39.0 Å². The van der Waals surface area contributed by atoms with Crippen LogP contribution in [0.2, 0.25) is 0 Å². The average Bonchev–Trinajstić information content (AvgIpc) is 2.83. The van der Waals surface area contributed by atoms with Gasteiger partial charge in [0.15, 0.2) is 0 Å². The predicted molar refractivity (Wildman–Crippen MR) is 83.5 cm³/mol. The van der Waals surface area contributed by atoms with E-state index in [2.05, 4.69) is 4.98 Å². The third kappa shape index (κ3) is 3.58. The van der Waals surface area contributed by atoms with Crippen molar-refractivity contribution in [2.24, 2.45) is 0 Å². The van der Waals surface area contributed by atoms with Crippen LogP contribution in [0.5, 0.6) is 0 Å². The average molecular weight is 360 g/mol. The van der Waals surface area contributed by atoms with Gasteiger partial charge in [0.1, 0.15) is 5.82 Å². The summed E-state index contributed by atoms with van der Waals surface area (Å²) in [4.78, 5) is 19.0. The van der Waals surface area contributed by atoms with Crippen molar-refractivity contribution in [2.45, 2.75) is 33.0 Å². The summed E-state index contributed by atoms with van der Waals surface area (Å²) in [6, 6.07) is 1.91. The molecule has 0 N–H and O–H groups in total. The number of hydrogen-bond acceptors (Lipinski definition) is 3. The maximum absolute atomic E-state index is 13.4. The fourth-order valence-corrected chi connectivity index (χ4v) is 3.39. The zero-order chi connectivity index (χ0) is 18.2. The Morgan fingerprint density at radius 2 is 1.92 bits per heavy atom. The summed E-state index contributed by atoms with van der Waals surface area (Å²) in [6.07, 6.45) is -4.85. The topological polar surface area (TPSA) is 33.2 Å². The van der Waals surface area contributed by atoms with Gasteiger partial charge in [-0.2, -0.15) is 13.2 Å². The molecule has 1 aromatic carbocycles. The Kier molecular flexibility index (Phi) is 4.98. The summed E-state index contributed by atoms with van der Waals surface area (Å²) >= 11 is 1.43. The third-order valence-electron chi connectivity index (χ3n) is 3.74. The number of halogens is 4. The van der Waals surface area contributed by atoms with Gasteiger partial charge in [-0.15, -0.1) is 11.3 Å². The molecule has 0 saturated heterocycles. The molecule has 0 saturated carbocycles. The van der Waals surface area contributed by atoms with E-state index >= 15 is 0 Å². The monoisotopic (exact) mass is 360 g/mol. The van der Waals surface area contributed by atoms with Crippen LogP contribution in [0, 0.1) is 19.7 Å². The molecule has 1 atom stereocenters. The fraction of sp³-hybridized carbons (Fsp3) is 0.375. The lowest BCUT2D eigenvalue weighted by Gasteiger charge is -2.25. The molecule has 1 unspecified atom stereocenters. The Hall–Kier alpha value is -1.96. The number of carbonyl (C=O) groups excluding carboxylic acids is 1. The largest absolute Gasteiger partial charge is 0.419 e. The summed E-state index contributed by atoms with van der Waals surface area (Å²) in [6.45, 7) is 5.42. The standard InChI is InChI=1S/C16H16F4N2OS/c1-8-14(24-10(3)21-8)9(2)22(4)15(23)11-5-6-13(17)12(7-11)16(18,19)20/h5-7,9H,1-4H3. The number of carbonyl (C=O) groups is 1. The molecule has 1 heterocycles. The minimum atomic E-state index is -4.85.